The van der Waals surface area contributed by atoms with Crippen LogP contribution in [-0.2, 0) is 6.42 Å². The van der Waals surface area contributed by atoms with E-state index in [0.29, 0.717) is 0 Å². The van der Waals surface area contributed by atoms with Crippen molar-refractivity contribution in [2.24, 2.45) is 0 Å². The highest BCUT2D eigenvalue weighted by Crippen LogP contribution is 2.30. The molecule has 0 aliphatic rings. The van der Waals surface area contributed by atoms with E-state index >= 15 is 0 Å². The number of pyridine rings is 1. The molecule has 0 unspecified atom stereocenters. The van der Waals surface area contributed by atoms with Gasteiger partial charge in [0.1, 0.15) is 0 Å². The number of aromatic nitrogens is 1. The Morgan fingerprint density at radius 2 is 2.06 bits per heavy atom. The fourth-order valence-electron chi connectivity index (χ4n) is 2.02. The van der Waals surface area contributed by atoms with E-state index in [1.807, 2.05) is 45.0 Å². The zero-order chi connectivity index (χ0) is 13.3. The molecular weight excluding hydrogens is 265 g/mol. The summed E-state index contributed by atoms with van der Waals surface area (Å²) in [5, 5.41) is 2.57. The molecule has 0 spiro atoms. The number of halogens is 2. The van der Waals surface area contributed by atoms with Crippen molar-refractivity contribution in [2.75, 3.05) is 0 Å². The summed E-state index contributed by atoms with van der Waals surface area (Å²) in [5.74, 6) is 0. The number of para-hydroxylation sites is 1. The van der Waals surface area contributed by atoms with Crippen molar-refractivity contribution in [3.05, 3.63) is 51.2 Å². The lowest BCUT2D eigenvalue weighted by Crippen LogP contribution is -1.96. The standard InChI is InChI=1S/C15H15Cl2N/c1-9-5-4-6-13-14(17)12(8-7-10(2)16)11(3)18-15(9)13/h4-7H,8H2,1-3H3. The number of hydrogen-bond donors (Lipinski definition) is 0. The maximum atomic E-state index is 6.49. The molecule has 1 nitrogen and oxygen atoms in total. The van der Waals surface area contributed by atoms with Crippen molar-refractivity contribution < 1.29 is 0 Å². The second-order valence-electron chi connectivity index (χ2n) is 4.46. The van der Waals surface area contributed by atoms with E-state index < -0.39 is 0 Å². The summed E-state index contributed by atoms with van der Waals surface area (Å²) < 4.78 is 0. The summed E-state index contributed by atoms with van der Waals surface area (Å²) in [4.78, 5) is 4.66. The number of fused-ring (bicyclic) bond motifs is 1. The molecule has 0 aliphatic heterocycles. The number of aryl methyl sites for hydroxylation is 2. The van der Waals surface area contributed by atoms with Gasteiger partial charge in [0, 0.05) is 16.1 Å². The van der Waals surface area contributed by atoms with E-state index in [2.05, 4.69) is 4.98 Å². The monoisotopic (exact) mass is 279 g/mol. The van der Waals surface area contributed by atoms with Crippen LogP contribution in [-0.4, -0.2) is 4.98 Å². The van der Waals surface area contributed by atoms with Gasteiger partial charge >= 0.3 is 0 Å². The molecule has 1 aromatic heterocycles. The van der Waals surface area contributed by atoms with E-state index in [4.69, 9.17) is 23.2 Å². The molecule has 18 heavy (non-hydrogen) atoms. The molecular formula is C15H15Cl2N. The van der Waals surface area contributed by atoms with E-state index in [1.165, 1.54) is 0 Å². The van der Waals surface area contributed by atoms with Gasteiger partial charge in [-0.05, 0) is 38.3 Å². The summed E-state index contributed by atoms with van der Waals surface area (Å²) >= 11 is 12.4. The third kappa shape index (κ3) is 2.52. The van der Waals surface area contributed by atoms with Gasteiger partial charge in [0.05, 0.1) is 10.5 Å². The Bertz CT molecular complexity index is 626. The average Bonchev–Trinajstić information content (AvgIpc) is 2.30. The van der Waals surface area contributed by atoms with E-state index in [9.17, 15) is 0 Å². The van der Waals surface area contributed by atoms with Crippen LogP contribution in [0.25, 0.3) is 10.9 Å². The largest absolute Gasteiger partial charge is 0.252 e. The van der Waals surface area contributed by atoms with Gasteiger partial charge in [-0.2, -0.15) is 0 Å². The second kappa shape index (κ2) is 5.29. The van der Waals surface area contributed by atoms with E-state index in [-0.39, 0.29) is 0 Å². The summed E-state index contributed by atoms with van der Waals surface area (Å²) in [6.07, 6.45) is 2.68. The summed E-state index contributed by atoms with van der Waals surface area (Å²) in [7, 11) is 0. The number of benzene rings is 1. The zero-order valence-corrected chi connectivity index (χ0v) is 12.2. The first-order valence-electron chi connectivity index (χ1n) is 5.87. The molecule has 1 aromatic carbocycles. The first kappa shape index (κ1) is 13.4. The van der Waals surface area contributed by atoms with Crippen molar-refractivity contribution in [1.82, 2.24) is 4.98 Å². The van der Waals surface area contributed by atoms with Gasteiger partial charge in [0.2, 0.25) is 0 Å². The predicted molar refractivity (Wildman–Crippen MR) is 79.5 cm³/mol. The maximum Gasteiger partial charge on any atom is 0.0749 e. The number of hydrogen-bond acceptors (Lipinski definition) is 1. The highest BCUT2D eigenvalue weighted by molar-refractivity contribution is 6.36. The van der Waals surface area contributed by atoms with Gasteiger partial charge in [-0.15, -0.1) is 0 Å². The summed E-state index contributed by atoms with van der Waals surface area (Å²) in [6, 6.07) is 6.07. The highest BCUT2D eigenvalue weighted by Gasteiger charge is 2.11. The molecule has 0 saturated heterocycles. The minimum Gasteiger partial charge on any atom is -0.252 e. The van der Waals surface area contributed by atoms with E-state index in [1.54, 1.807) is 0 Å². The average molecular weight is 280 g/mol. The van der Waals surface area contributed by atoms with Gasteiger partial charge in [0.15, 0.2) is 0 Å². The van der Waals surface area contributed by atoms with Crippen molar-refractivity contribution in [1.29, 1.82) is 0 Å². The van der Waals surface area contributed by atoms with Gasteiger partial charge in [0.25, 0.3) is 0 Å². The fourth-order valence-corrected chi connectivity index (χ4v) is 2.46. The second-order valence-corrected chi connectivity index (χ2v) is 5.43. The number of nitrogens with zero attached hydrogens (tertiary/aromatic N) is 1. The van der Waals surface area contributed by atoms with Crippen LogP contribution in [0, 0.1) is 13.8 Å². The Morgan fingerprint density at radius 3 is 2.72 bits per heavy atom. The maximum absolute atomic E-state index is 6.49. The lowest BCUT2D eigenvalue weighted by atomic mass is 10.0. The summed E-state index contributed by atoms with van der Waals surface area (Å²) in [5.41, 5.74) is 4.15. The SMILES string of the molecule is CC(Cl)=CCc1c(C)nc2c(C)cccc2c1Cl. The number of rotatable bonds is 2. The molecule has 0 radical (unpaired) electrons. The number of allylic oxidation sites excluding steroid dienone is 2. The molecule has 2 aromatic rings. The zero-order valence-electron chi connectivity index (χ0n) is 10.7. The van der Waals surface area contributed by atoms with Crippen LogP contribution in [0.2, 0.25) is 5.02 Å². The van der Waals surface area contributed by atoms with Crippen LogP contribution in [0.4, 0.5) is 0 Å². The third-order valence-electron chi connectivity index (χ3n) is 3.04. The van der Waals surface area contributed by atoms with E-state index in [0.717, 1.165) is 44.2 Å². The molecule has 2 rings (SSSR count). The molecule has 0 bridgehead atoms. The van der Waals surface area contributed by atoms with Crippen LogP contribution >= 0.6 is 23.2 Å². The molecule has 0 atom stereocenters. The van der Waals surface area contributed by atoms with Crippen molar-refractivity contribution in [2.45, 2.75) is 27.2 Å². The van der Waals surface area contributed by atoms with Crippen molar-refractivity contribution in [3.63, 3.8) is 0 Å². The smallest absolute Gasteiger partial charge is 0.0749 e. The van der Waals surface area contributed by atoms with Gasteiger partial charge in [-0.25, -0.2) is 0 Å². The highest BCUT2D eigenvalue weighted by atomic mass is 35.5. The molecule has 0 fully saturated rings. The molecule has 0 N–H and O–H groups in total. The summed E-state index contributed by atoms with van der Waals surface area (Å²) in [6.45, 7) is 5.90. The predicted octanol–water partition coefficient (Wildman–Crippen LogP) is 5.19. The first-order valence-corrected chi connectivity index (χ1v) is 6.63. The molecule has 0 saturated carbocycles. The van der Waals surface area contributed by atoms with Crippen LogP contribution in [0.3, 0.4) is 0 Å². The Hall–Kier alpha value is -1.05. The minimum absolute atomic E-state index is 0.719. The molecule has 0 aliphatic carbocycles. The molecule has 94 valence electrons. The fraction of sp³-hybridized carbons (Fsp3) is 0.267. The Labute approximate surface area is 117 Å². The molecule has 1 heterocycles. The lowest BCUT2D eigenvalue weighted by molar-refractivity contribution is 1.13. The Kier molecular flexibility index (Phi) is 3.94. The molecule has 3 heteroatoms. The lowest BCUT2D eigenvalue weighted by Gasteiger charge is -2.11. The first-order chi connectivity index (χ1) is 8.50. The van der Waals surface area contributed by atoms with Crippen LogP contribution < -0.4 is 0 Å². The van der Waals surface area contributed by atoms with Crippen LogP contribution in [0.15, 0.2) is 29.3 Å². The van der Waals surface area contributed by atoms with Gasteiger partial charge < -0.3 is 0 Å². The topological polar surface area (TPSA) is 12.9 Å². The van der Waals surface area contributed by atoms with Gasteiger partial charge in [-0.3, -0.25) is 4.98 Å². The minimum atomic E-state index is 0.719. The van der Waals surface area contributed by atoms with Gasteiger partial charge in [-0.1, -0.05) is 47.5 Å². The Balaban J connectivity index is 2.66. The third-order valence-corrected chi connectivity index (χ3v) is 3.63. The van der Waals surface area contributed by atoms with Crippen LogP contribution in [0.5, 0.6) is 0 Å². The van der Waals surface area contributed by atoms with Crippen molar-refractivity contribution in [3.8, 4) is 0 Å². The molecule has 0 amide bonds. The quantitative estimate of drug-likeness (QED) is 0.737. The van der Waals surface area contributed by atoms with Crippen LogP contribution in [0.1, 0.15) is 23.7 Å². The normalized spacial score (nSPS) is 12.2. The Morgan fingerprint density at radius 1 is 1.33 bits per heavy atom. The van der Waals surface area contributed by atoms with Crippen molar-refractivity contribution >= 4 is 34.1 Å².